The minimum Gasteiger partial charge on any atom is -0.355 e. The fourth-order valence-electron chi connectivity index (χ4n) is 2.06. The van der Waals surface area contributed by atoms with E-state index in [-0.39, 0.29) is 18.0 Å². The third-order valence-corrected chi connectivity index (χ3v) is 3.12. The number of nitro groups is 1. The number of nitrogens with zero attached hydrogens (tertiary/aromatic N) is 1. The van der Waals surface area contributed by atoms with Crippen LogP contribution in [0.4, 0.5) is 5.69 Å². The Morgan fingerprint density at radius 1 is 1.05 bits per heavy atom. The van der Waals surface area contributed by atoms with Crippen molar-refractivity contribution in [2.75, 3.05) is 6.54 Å². The second-order valence-electron chi connectivity index (χ2n) is 4.65. The Morgan fingerprint density at radius 2 is 1.71 bits per heavy atom. The SMILES string of the molecule is O=C(Cc1ccccc1[N+](=O)[O-])NCCc1ccccc1. The highest BCUT2D eigenvalue weighted by Crippen LogP contribution is 2.17. The minimum absolute atomic E-state index is 0.0179. The van der Waals surface area contributed by atoms with Crippen LogP contribution in [0.3, 0.4) is 0 Å². The quantitative estimate of drug-likeness (QED) is 0.654. The Labute approximate surface area is 122 Å². The van der Waals surface area contributed by atoms with E-state index < -0.39 is 4.92 Å². The van der Waals surface area contributed by atoms with E-state index in [2.05, 4.69) is 5.32 Å². The molecule has 0 aliphatic carbocycles. The van der Waals surface area contributed by atoms with Gasteiger partial charge in [-0.3, -0.25) is 14.9 Å². The van der Waals surface area contributed by atoms with Crippen molar-refractivity contribution in [3.8, 4) is 0 Å². The highest BCUT2D eigenvalue weighted by Gasteiger charge is 2.14. The molecule has 0 saturated heterocycles. The molecule has 0 heterocycles. The van der Waals surface area contributed by atoms with E-state index in [0.717, 1.165) is 12.0 Å². The molecule has 0 unspecified atom stereocenters. The van der Waals surface area contributed by atoms with Gasteiger partial charge in [0.2, 0.25) is 5.91 Å². The summed E-state index contributed by atoms with van der Waals surface area (Å²) in [6.45, 7) is 0.517. The first kappa shape index (κ1) is 14.7. The molecule has 0 bridgehead atoms. The Morgan fingerprint density at radius 3 is 2.43 bits per heavy atom. The maximum Gasteiger partial charge on any atom is 0.273 e. The molecule has 0 spiro atoms. The first-order valence-corrected chi connectivity index (χ1v) is 6.70. The summed E-state index contributed by atoms with van der Waals surface area (Å²) in [5.41, 5.74) is 1.55. The number of para-hydroxylation sites is 1. The number of carbonyl (C=O) groups excluding carboxylic acids is 1. The van der Waals surface area contributed by atoms with E-state index >= 15 is 0 Å². The molecule has 0 aliphatic rings. The summed E-state index contributed by atoms with van der Waals surface area (Å²) in [5.74, 6) is -0.208. The van der Waals surface area contributed by atoms with Gasteiger partial charge in [-0.05, 0) is 12.0 Å². The lowest BCUT2D eigenvalue weighted by Gasteiger charge is -2.06. The Bertz CT molecular complexity index is 626. The van der Waals surface area contributed by atoms with Crippen molar-refractivity contribution in [2.24, 2.45) is 0 Å². The summed E-state index contributed by atoms with van der Waals surface area (Å²) in [6, 6.07) is 16.1. The molecule has 2 aromatic carbocycles. The topological polar surface area (TPSA) is 72.2 Å². The van der Waals surface area contributed by atoms with Gasteiger partial charge < -0.3 is 5.32 Å². The lowest BCUT2D eigenvalue weighted by atomic mass is 10.1. The number of carbonyl (C=O) groups is 1. The number of nitro benzene ring substituents is 1. The van der Waals surface area contributed by atoms with E-state index in [1.54, 1.807) is 18.2 Å². The van der Waals surface area contributed by atoms with Crippen LogP contribution in [0.2, 0.25) is 0 Å². The molecule has 0 radical (unpaired) electrons. The number of amides is 1. The third kappa shape index (κ3) is 4.42. The van der Waals surface area contributed by atoms with Crippen molar-refractivity contribution >= 4 is 11.6 Å². The predicted octanol–water partition coefficient (Wildman–Crippen LogP) is 2.50. The standard InChI is InChI=1S/C16H16N2O3/c19-16(17-11-10-13-6-2-1-3-7-13)12-14-8-4-5-9-15(14)18(20)21/h1-9H,10-12H2,(H,17,19). The van der Waals surface area contributed by atoms with Gasteiger partial charge in [-0.2, -0.15) is 0 Å². The van der Waals surface area contributed by atoms with Crippen LogP contribution in [-0.2, 0) is 17.6 Å². The molecular weight excluding hydrogens is 268 g/mol. The van der Waals surface area contributed by atoms with Crippen molar-refractivity contribution < 1.29 is 9.72 Å². The number of nitrogens with one attached hydrogen (secondary N) is 1. The van der Waals surface area contributed by atoms with Gasteiger partial charge in [-0.1, -0.05) is 48.5 Å². The summed E-state index contributed by atoms with van der Waals surface area (Å²) in [7, 11) is 0. The molecule has 5 nitrogen and oxygen atoms in total. The fourth-order valence-corrected chi connectivity index (χ4v) is 2.06. The molecule has 0 fully saturated rings. The molecular formula is C16H16N2O3. The average Bonchev–Trinajstić information content (AvgIpc) is 2.48. The molecule has 21 heavy (non-hydrogen) atoms. The van der Waals surface area contributed by atoms with Crippen molar-refractivity contribution in [3.05, 3.63) is 75.8 Å². The zero-order valence-corrected chi connectivity index (χ0v) is 11.5. The van der Waals surface area contributed by atoms with Gasteiger partial charge in [0, 0.05) is 18.2 Å². The maximum atomic E-state index is 11.8. The molecule has 2 aromatic rings. The summed E-state index contributed by atoms with van der Waals surface area (Å²) >= 11 is 0. The van der Waals surface area contributed by atoms with E-state index in [1.165, 1.54) is 6.07 Å². The number of benzene rings is 2. The van der Waals surface area contributed by atoms with Crippen LogP contribution in [0, 0.1) is 10.1 Å². The van der Waals surface area contributed by atoms with Crippen LogP contribution in [0.25, 0.3) is 0 Å². The van der Waals surface area contributed by atoms with Gasteiger partial charge in [0.1, 0.15) is 0 Å². The molecule has 0 aromatic heterocycles. The first-order valence-electron chi connectivity index (χ1n) is 6.70. The number of hydrogen-bond acceptors (Lipinski definition) is 3. The van der Waals surface area contributed by atoms with Crippen molar-refractivity contribution in [1.82, 2.24) is 5.32 Å². The Balaban J connectivity index is 1.86. The smallest absolute Gasteiger partial charge is 0.273 e. The minimum atomic E-state index is -0.466. The van der Waals surface area contributed by atoms with Crippen molar-refractivity contribution in [1.29, 1.82) is 0 Å². The van der Waals surface area contributed by atoms with E-state index in [9.17, 15) is 14.9 Å². The van der Waals surface area contributed by atoms with Crippen molar-refractivity contribution in [3.63, 3.8) is 0 Å². The molecule has 5 heteroatoms. The van der Waals surface area contributed by atoms with Crippen LogP contribution in [0.1, 0.15) is 11.1 Å². The monoisotopic (exact) mass is 284 g/mol. The fraction of sp³-hybridized carbons (Fsp3) is 0.188. The second kappa shape index (κ2) is 7.19. The molecule has 2 rings (SSSR count). The molecule has 1 N–H and O–H groups in total. The third-order valence-electron chi connectivity index (χ3n) is 3.12. The van der Waals surface area contributed by atoms with E-state index in [1.807, 2.05) is 30.3 Å². The summed E-state index contributed by atoms with van der Waals surface area (Å²) in [5, 5.41) is 13.7. The van der Waals surface area contributed by atoms with Gasteiger partial charge in [-0.25, -0.2) is 0 Å². The second-order valence-corrected chi connectivity index (χ2v) is 4.65. The lowest BCUT2D eigenvalue weighted by Crippen LogP contribution is -2.27. The van der Waals surface area contributed by atoms with Gasteiger partial charge in [-0.15, -0.1) is 0 Å². The zero-order chi connectivity index (χ0) is 15.1. The number of rotatable bonds is 6. The van der Waals surface area contributed by atoms with Crippen LogP contribution in [-0.4, -0.2) is 17.4 Å². The van der Waals surface area contributed by atoms with E-state index in [0.29, 0.717) is 12.1 Å². The highest BCUT2D eigenvalue weighted by molar-refractivity contribution is 5.79. The van der Waals surface area contributed by atoms with Crippen LogP contribution in [0.5, 0.6) is 0 Å². The zero-order valence-electron chi connectivity index (χ0n) is 11.5. The van der Waals surface area contributed by atoms with Crippen LogP contribution in [0.15, 0.2) is 54.6 Å². The van der Waals surface area contributed by atoms with Gasteiger partial charge in [0.15, 0.2) is 0 Å². The average molecular weight is 284 g/mol. The Hall–Kier alpha value is -2.69. The lowest BCUT2D eigenvalue weighted by molar-refractivity contribution is -0.385. The summed E-state index contributed by atoms with van der Waals surface area (Å²) in [6.07, 6.45) is 0.759. The summed E-state index contributed by atoms with van der Waals surface area (Å²) in [4.78, 5) is 22.3. The van der Waals surface area contributed by atoms with Gasteiger partial charge in [0.25, 0.3) is 5.69 Å². The molecule has 1 amide bonds. The molecule has 0 saturated carbocycles. The van der Waals surface area contributed by atoms with Crippen molar-refractivity contribution in [2.45, 2.75) is 12.8 Å². The normalized spacial score (nSPS) is 10.1. The first-order chi connectivity index (χ1) is 10.2. The molecule has 108 valence electrons. The van der Waals surface area contributed by atoms with Gasteiger partial charge >= 0.3 is 0 Å². The predicted molar refractivity (Wildman–Crippen MR) is 80.0 cm³/mol. The van der Waals surface area contributed by atoms with Crippen LogP contribution < -0.4 is 5.32 Å². The van der Waals surface area contributed by atoms with Gasteiger partial charge in [0.05, 0.1) is 11.3 Å². The summed E-state index contributed by atoms with van der Waals surface area (Å²) < 4.78 is 0. The maximum absolute atomic E-state index is 11.8. The highest BCUT2D eigenvalue weighted by atomic mass is 16.6. The molecule has 0 aliphatic heterocycles. The molecule has 0 atom stereocenters. The largest absolute Gasteiger partial charge is 0.355 e. The van der Waals surface area contributed by atoms with E-state index in [4.69, 9.17) is 0 Å². The Kier molecular flexibility index (Phi) is 5.04. The number of hydrogen-bond donors (Lipinski definition) is 1. The van der Waals surface area contributed by atoms with Crippen LogP contribution >= 0.6 is 0 Å².